The largest absolute Gasteiger partial charge is 0.303 e. The fourth-order valence-corrected chi connectivity index (χ4v) is 2.54. The van der Waals surface area contributed by atoms with Gasteiger partial charge in [0.05, 0.1) is 11.9 Å². The number of hydrogen-bond acceptors (Lipinski definition) is 3. The van der Waals surface area contributed by atoms with Crippen LogP contribution in [0.25, 0.3) is 0 Å². The van der Waals surface area contributed by atoms with Crippen molar-refractivity contribution in [3.63, 3.8) is 0 Å². The molecular weight excluding hydrogens is 238 g/mol. The lowest BCUT2D eigenvalue weighted by molar-refractivity contribution is 0.491. The normalized spacial score (nSPS) is 14.6. The molecular formula is C14H23N5. The minimum absolute atomic E-state index is 0.267. The zero-order valence-electron chi connectivity index (χ0n) is 12.6. The van der Waals surface area contributed by atoms with Crippen molar-refractivity contribution in [2.45, 2.75) is 39.8 Å². The van der Waals surface area contributed by atoms with E-state index < -0.39 is 0 Å². The highest BCUT2D eigenvalue weighted by Crippen LogP contribution is 2.22. The van der Waals surface area contributed by atoms with Gasteiger partial charge in [0.2, 0.25) is 0 Å². The van der Waals surface area contributed by atoms with Crippen LogP contribution in [0.2, 0.25) is 0 Å². The first-order valence-corrected chi connectivity index (χ1v) is 6.64. The molecule has 0 aliphatic carbocycles. The summed E-state index contributed by atoms with van der Waals surface area (Å²) in [5.74, 6) is 0. The Kier molecular flexibility index (Phi) is 3.75. The maximum Gasteiger partial charge on any atom is 0.0641 e. The van der Waals surface area contributed by atoms with E-state index in [1.54, 1.807) is 0 Å². The summed E-state index contributed by atoms with van der Waals surface area (Å²) in [5.41, 5.74) is 4.78. The van der Waals surface area contributed by atoms with Gasteiger partial charge >= 0.3 is 0 Å². The Hall–Kier alpha value is -1.62. The Morgan fingerprint density at radius 3 is 2.21 bits per heavy atom. The molecule has 5 heteroatoms. The van der Waals surface area contributed by atoms with Crippen LogP contribution in [-0.4, -0.2) is 19.6 Å². The highest BCUT2D eigenvalue weighted by molar-refractivity contribution is 5.23. The van der Waals surface area contributed by atoms with Crippen molar-refractivity contribution >= 4 is 0 Å². The van der Waals surface area contributed by atoms with Crippen LogP contribution in [0.5, 0.6) is 0 Å². The minimum Gasteiger partial charge on any atom is -0.303 e. The zero-order chi connectivity index (χ0) is 14.2. The number of nitrogens with zero attached hydrogens (tertiary/aromatic N) is 4. The van der Waals surface area contributed by atoms with Crippen LogP contribution < -0.4 is 5.32 Å². The summed E-state index contributed by atoms with van der Waals surface area (Å²) >= 11 is 0. The van der Waals surface area contributed by atoms with Gasteiger partial charge in [-0.25, -0.2) is 0 Å². The molecule has 0 radical (unpaired) electrons. The van der Waals surface area contributed by atoms with Gasteiger partial charge in [0.1, 0.15) is 0 Å². The summed E-state index contributed by atoms with van der Waals surface area (Å²) in [7, 11) is 3.93. The van der Waals surface area contributed by atoms with Crippen molar-refractivity contribution in [1.29, 1.82) is 0 Å². The Morgan fingerprint density at radius 2 is 1.74 bits per heavy atom. The van der Waals surface area contributed by atoms with E-state index in [4.69, 9.17) is 0 Å². The first-order valence-electron chi connectivity index (χ1n) is 6.64. The maximum absolute atomic E-state index is 4.39. The zero-order valence-corrected chi connectivity index (χ0v) is 12.6. The molecule has 2 aromatic rings. The van der Waals surface area contributed by atoms with Crippen molar-refractivity contribution in [3.8, 4) is 0 Å². The molecule has 2 rings (SSSR count). The van der Waals surface area contributed by atoms with Crippen LogP contribution in [0.3, 0.4) is 0 Å². The molecule has 0 amide bonds. The van der Waals surface area contributed by atoms with Gasteiger partial charge in [0, 0.05) is 49.2 Å². The lowest BCUT2D eigenvalue weighted by atomic mass is 10.1. The number of hydrogen-bond donors (Lipinski definition) is 1. The van der Waals surface area contributed by atoms with Gasteiger partial charge < -0.3 is 5.32 Å². The van der Waals surface area contributed by atoms with Gasteiger partial charge in [-0.1, -0.05) is 0 Å². The number of rotatable bonds is 4. The smallest absolute Gasteiger partial charge is 0.0641 e. The van der Waals surface area contributed by atoms with E-state index >= 15 is 0 Å². The number of aromatic nitrogens is 4. The first kappa shape index (κ1) is 13.8. The molecule has 0 bridgehead atoms. The molecule has 0 saturated carbocycles. The Labute approximate surface area is 114 Å². The van der Waals surface area contributed by atoms with Gasteiger partial charge in [-0.3, -0.25) is 9.36 Å². The minimum atomic E-state index is 0.267. The Morgan fingerprint density at radius 1 is 1.11 bits per heavy atom. The van der Waals surface area contributed by atoms with Crippen LogP contribution in [0.4, 0.5) is 0 Å². The quantitative estimate of drug-likeness (QED) is 0.917. The molecule has 0 saturated heterocycles. The fourth-order valence-electron chi connectivity index (χ4n) is 2.54. The predicted molar refractivity (Wildman–Crippen MR) is 75.9 cm³/mol. The van der Waals surface area contributed by atoms with Gasteiger partial charge in [-0.15, -0.1) is 0 Å². The molecule has 0 spiro atoms. The van der Waals surface area contributed by atoms with Gasteiger partial charge in [0.25, 0.3) is 0 Å². The third-order valence-corrected chi connectivity index (χ3v) is 3.76. The van der Waals surface area contributed by atoms with Crippen LogP contribution in [0.15, 0.2) is 12.4 Å². The van der Waals surface area contributed by atoms with Crippen molar-refractivity contribution in [2.75, 3.05) is 0 Å². The van der Waals surface area contributed by atoms with E-state index in [0.29, 0.717) is 0 Å². The van der Waals surface area contributed by atoms with E-state index in [1.807, 2.05) is 36.6 Å². The average molecular weight is 261 g/mol. The number of nitrogens with one attached hydrogen (secondary N) is 1. The molecule has 5 nitrogen and oxygen atoms in total. The summed E-state index contributed by atoms with van der Waals surface area (Å²) in [6, 6.07) is 0.534. The van der Waals surface area contributed by atoms with Crippen LogP contribution in [0.1, 0.15) is 48.4 Å². The highest BCUT2D eigenvalue weighted by atomic mass is 15.3. The number of aryl methyl sites for hydroxylation is 3. The fraction of sp³-hybridized carbons (Fsp3) is 0.571. The lowest BCUT2D eigenvalue weighted by Gasteiger charge is -2.19. The molecule has 0 fully saturated rings. The molecule has 19 heavy (non-hydrogen) atoms. The van der Waals surface area contributed by atoms with E-state index in [1.165, 1.54) is 16.8 Å². The average Bonchev–Trinajstić information content (AvgIpc) is 2.83. The van der Waals surface area contributed by atoms with E-state index in [0.717, 1.165) is 5.69 Å². The molecule has 0 aliphatic heterocycles. The monoisotopic (exact) mass is 261 g/mol. The first-order chi connectivity index (χ1) is 8.90. The summed E-state index contributed by atoms with van der Waals surface area (Å²) < 4.78 is 3.77. The standard InChI is InChI=1S/C14H23N5/c1-9(13-7-15-19(6)12(13)4)16-10(2)14-8-18(5)17-11(14)3/h7-10,16H,1-6H3. The van der Waals surface area contributed by atoms with Crippen LogP contribution >= 0.6 is 0 Å². The third kappa shape index (κ3) is 2.71. The molecule has 1 N–H and O–H groups in total. The van der Waals surface area contributed by atoms with E-state index in [-0.39, 0.29) is 12.1 Å². The maximum atomic E-state index is 4.39. The van der Waals surface area contributed by atoms with Gasteiger partial charge in [-0.05, 0) is 27.7 Å². The third-order valence-electron chi connectivity index (χ3n) is 3.76. The van der Waals surface area contributed by atoms with Crippen LogP contribution in [-0.2, 0) is 14.1 Å². The SMILES string of the molecule is Cc1nn(C)cc1C(C)NC(C)c1cnn(C)c1C. The second-order valence-corrected chi connectivity index (χ2v) is 5.26. The summed E-state index contributed by atoms with van der Waals surface area (Å²) in [5, 5.41) is 12.3. The second kappa shape index (κ2) is 5.17. The molecule has 0 aromatic carbocycles. The van der Waals surface area contributed by atoms with E-state index in [2.05, 4.69) is 42.5 Å². The molecule has 2 aromatic heterocycles. The Balaban J connectivity index is 2.13. The topological polar surface area (TPSA) is 47.7 Å². The molecule has 2 atom stereocenters. The highest BCUT2D eigenvalue weighted by Gasteiger charge is 2.17. The molecule has 2 heterocycles. The van der Waals surface area contributed by atoms with Crippen molar-refractivity contribution in [2.24, 2.45) is 14.1 Å². The summed E-state index contributed by atoms with van der Waals surface area (Å²) in [6.45, 7) is 8.49. The van der Waals surface area contributed by atoms with Crippen molar-refractivity contribution < 1.29 is 0 Å². The summed E-state index contributed by atoms with van der Waals surface area (Å²) in [4.78, 5) is 0. The lowest BCUT2D eigenvalue weighted by Crippen LogP contribution is -2.23. The van der Waals surface area contributed by atoms with Gasteiger partial charge in [0.15, 0.2) is 0 Å². The summed E-state index contributed by atoms with van der Waals surface area (Å²) in [6.07, 6.45) is 4.02. The molecule has 2 unspecified atom stereocenters. The van der Waals surface area contributed by atoms with Crippen LogP contribution in [0, 0.1) is 13.8 Å². The second-order valence-electron chi connectivity index (χ2n) is 5.26. The van der Waals surface area contributed by atoms with Crippen molar-refractivity contribution in [3.05, 3.63) is 34.9 Å². The molecule has 104 valence electrons. The van der Waals surface area contributed by atoms with Gasteiger partial charge in [-0.2, -0.15) is 10.2 Å². The van der Waals surface area contributed by atoms with Crippen molar-refractivity contribution in [1.82, 2.24) is 24.9 Å². The predicted octanol–water partition coefficient (Wildman–Crippen LogP) is 2.18. The van der Waals surface area contributed by atoms with E-state index in [9.17, 15) is 0 Å². The molecule has 0 aliphatic rings. The Bertz CT molecular complexity index is 560.